The summed E-state index contributed by atoms with van der Waals surface area (Å²) in [4.78, 5) is 11.7. The van der Waals surface area contributed by atoms with Crippen molar-refractivity contribution >= 4 is 68.3 Å². The van der Waals surface area contributed by atoms with E-state index in [-0.39, 0.29) is 24.5 Å². The van der Waals surface area contributed by atoms with Crippen LogP contribution >= 0.6 is 56.4 Å². The molecular formula is C10H17Cl4N5S2. The molecule has 0 saturated heterocycles. The Morgan fingerprint density at radius 3 is 2.10 bits per heavy atom. The molecule has 0 spiro atoms. The highest BCUT2D eigenvalue weighted by molar-refractivity contribution is 8.78. The third-order valence-electron chi connectivity index (χ3n) is 1.71. The summed E-state index contributed by atoms with van der Waals surface area (Å²) in [5.74, 6) is 1.14. The van der Waals surface area contributed by atoms with E-state index in [1.165, 1.54) is 10.8 Å². The van der Waals surface area contributed by atoms with Crippen molar-refractivity contribution in [3.63, 3.8) is 0 Å². The Labute approximate surface area is 153 Å². The molecule has 1 aromatic rings. The van der Waals surface area contributed by atoms with Crippen LogP contribution in [0.2, 0.25) is 0 Å². The van der Waals surface area contributed by atoms with Crippen LogP contribution in [0.3, 0.4) is 0 Å². The van der Waals surface area contributed by atoms with E-state index in [9.17, 15) is 0 Å². The molecule has 122 valence electrons. The average molecular weight is 413 g/mol. The first kappa shape index (κ1) is 21.5. The van der Waals surface area contributed by atoms with Gasteiger partial charge in [0.25, 0.3) is 5.16 Å². The lowest BCUT2D eigenvalue weighted by Gasteiger charge is -2.09. The minimum absolute atomic E-state index is 0. The van der Waals surface area contributed by atoms with E-state index in [4.69, 9.17) is 34.8 Å². The molecule has 0 aliphatic rings. The smallest absolute Gasteiger partial charge is 0.350 e. The Bertz CT molecular complexity index is 414. The minimum atomic E-state index is -1.40. The molecule has 0 aliphatic carbocycles. The molecule has 1 heterocycles. The van der Waals surface area contributed by atoms with Gasteiger partial charge in [-0.3, -0.25) is 5.32 Å². The van der Waals surface area contributed by atoms with Gasteiger partial charge in [0.1, 0.15) is 0 Å². The summed E-state index contributed by atoms with van der Waals surface area (Å²) in [7, 11) is 2.32. The number of nitrogens with zero attached hydrogens (tertiary/aromatic N) is 2. The Morgan fingerprint density at radius 1 is 1.05 bits per heavy atom. The summed E-state index contributed by atoms with van der Waals surface area (Å²) in [6.07, 6.45) is 0. The molecule has 0 aliphatic heterocycles. The van der Waals surface area contributed by atoms with Crippen LogP contribution in [0, 0.1) is 0 Å². The third-order valence-corrected chi connectivity index (χ3v) is 5.32. The summed E-state index contributed by atoms with van der Waals surface area (Å²) in [6, 6.07) is 0.467. The lowest BCUT2D eigenvalue weighted by molar-refractivity contribution is -0.421. The van der Waals surface area contributed by atoms with Crippen LogP contribution in [0.1, 0.15) is 27.7 Å². The zero-order valence-electron chi connectivity index (χ0n) is 11.9. The second-order valence-corrected chi connectivity index (χ2v) is 9.82. The van der Waals surface area contributed by atoms with Crippen molar-refractivity contribution in [2.45, 2.75) is 48.1 Å². The summed E-state index contributed by atoms with van der Waals surface area (Å²) in [6.45, 7) is 8.07. The summed E-state index contributed by atoms with van der Waals surface area (Å²) in [5, 5.41) is 6.94. The van der Waals surface area contributed by atoms with Gasteiger partial charge in [-0.1, -0.05) is 44.8 Å². The van der Waals surface area contributed by atoms with Crippen molar-refractivity contribution in [2.24, 2.45) is 0 Å². The fourth-order valence-electron chi connectivity index (χ4n) is 1.18. The van der Waals surface area contributed by atoms with Gasteiger partial charge in [-0.2, -0.15) is 0 Å². The van der Waals surface area contributed by atoms with Crippen LogP contribution in [0.5, 0.6) is 0 Å². The molecule has 5 nitrogen and oxygen atoms in total. The average Bonchev–Trinajstić information content (AvgIpc) is 2.23. The Balaban J connectivity index is 0.00000400. The number of rotatable bonds is 6. The first-order valence-corrected chi connectivity index (χ1v) is 9.21. The van der Waals surface area contributed by atoms with Crippen LogP contribution in [-0.4, -0.2) is 25.2 Å². The number of hydrogen-bond donors (Lipinski definition) is 2. The number of aromatic amines is 1. The maximum absolute atomic E-state index is 5.72. The molecule has 0 aromatic carbocycles. The van der Waals surface area contributed by atoms with Crippen molar-refractivity contribution in [3.8, 4) is 0 Å². The molecule has 0 saturated carbocycles. The van der Waals surface area contributed by atoms with Crippen LogP contribution in [0.25, 0.3) is 0 Å². The summed E-state index contributed by atoms with van der Waals surface area (Å²) >= 11 is 17.1. The monoisotopic (exact) mass is 411 g/mol. The number of nitrogens with one attached hydrogen (secondary N) is 3. The second kappa shape index (κ2) is 9.57. The van der Waals surface area contributed by atoms with Crippen LogP contribution in [0.4, 0.5) is 11.9 Å². The van der Waals surface area contributed by atoms with E-state index in [0.29, 0.717) is 17.1 Å². The van der Waals surface area contributed by atoms with E-state index >= 15 is 0 Å². The number of alkyl halides is 3. The van der Waals surface area contributed by atoms with Crippen LogP contribution in [-0.2, 0) is 0 Å². The molecule has 0 bridgehead atoms. The van der Waals surface area contributed by atoms with Crippen molar-refractivity contribution in [3.05, 3.63) is 0 Å². The largest absolute Gasteiger partial charge is 1.00 e. The molecule has 0 fully saturated rings. The summed E-state index contributed by atoms with van der Waals surface area (Å²) < 4.78 is -1.40. The minimum Gasteiger partial charge on any atom is -1.00 e. The summed E-state index contributed by atoms with van der Waals surface area (Å²) in [5.41, 5.74) is 0. The van der Waals surface area contributed by atoms with Gasteiger partial charge < -0.3 is 17.7 Å². The number of aromatic nitrogens is 3. The zero-order valence-corrected chi connectivity index (χ0v) is 16.5. The van der Waals surface area contributed by atoms with Crippen LogP contribution < -0.4 is 28.0 Å². The lowest BCUT2D eigenvalue weighted by atomic mass is 10.4. The van der Waals surface area contributed by atoms with E-state index in [0.717, 1.165) is 10.8 Å². The van der Waals surface area contributed by atoms with E-state index in [1.807, 2.05) is 27.7 Å². The van der Waals surface area contributed by atoms with Gasteiger partial charge in [0.2, 0.25) is 3.12 Å². The van der Waals surface area contributed by atoms with E-state index in [1.54, 1.807) is 0 Å². The maximum atomic E-state index is 5.72. The molecule has 3 N–H and O–H groups in total. The maximum Gasteiger partial charge on any atom is 0.350 e. The highest BCUT2D eigenvalue weighted by atomic mass is 35.6. The topological polar surface area (TPSA) is 64.0 Å². The van der Waals surface area contributed by atoms with Crippen molar-refractivity contribution in [1.29, 1.82) is 0 Å². The fraction of sp³-hybridized carbons (Fsp3) is 0.700. The fourth-order valence-corrected chi connectivity index (χ4v) is 3.22. The van der Waals surface area contributed by atoms with Gasteiger partial charge in [0.15, 0.2) is 0 Å². The normalized spacial score (nSPS) is 11.5. The molecule has 1 aromatic heterocycles. The molecule has 0 radical (unpaired) electrons. The SMILES string of the molecule is CC(C)Nc1nc(NC(C)C)[nH+]c(SSC(Cl)(Cl)Cl)n1.[Cl-]. The zero-order chi connectivity index (χ0) is 15.3. The standard InChI is InChI=1S/C10H16Cl3N5S2.ClH/c1-5(2)14-7-16-8(15-6(3)4)18-9(17-7)19-20-10(11,12)13;/h5-6H,1-4H3,(H2,14,15,16,17,18);1H. The Kier molecular flexibility index (Phi) is 9.79. The van der Waals surface area contributed by atoms with Crippen LogP contribution in [0.15, 0.2) is 5.16 Å². The molecule has 0 atom stereocenters. The molecule has 0 amide bonds. The van der Waals surface area contributed by atoms with Gasteiger partial charge in [0.05, 0.1) is 6.04 Å². The van der Waals surface area contributed by atoms with Crippen molar-refractivity contribution < 1.29 is 17.4 Å². The van der Waals surface area contributed by atoms with Gasteiger partial charge in [-0.25, -0.2) is 4.98 Å². The first-order valence-electron chi connectivity index (χ1n) is 5.92. The number of anilines is 2. The van der Waals surface area contributed by atoms with Crippen molar-refractivity contribution in [1.82, 2.24) is 9.97 Å². The molecule has 11 heteroatoms. The Morgan fingerprint density at radius 2 is 1.62 bits per heavy atom. The van der Waals surface area contributed by atoms with Gasteiger partial charge in [-0.15, -0.1) is 0 Å². The molecule has 21 heavy (non-hydrogen) atoms. The van der Waals surface area contributed by atoms with Gasteiger partial charge in [0, 0.05) is 16.8 Å². The van der Waals surface area contributed by atoms with Gasteiger partial charge >= 0.3 is 11.9 Å². The number of hydrogen-bond acceptors (Lipinski definition) is 6. The lowest BCUT2D eigenvalue weighted by Crippen LogP contribution is -3.00. The highest BCUT2D eigenvalue weighted by Crippen LogP contribution is 2.47. The van der Waals surface area contributed by atoms with E-state index < -0.39 is 3.12 Å². The third kappa shape index (κ3) is 9.97. The molecular weight excluding hydrogens is 396 g/mol. The predicted octanol–water partition coefficient (Wildman–Crippen LogP) is 1.00. The predicted molar refractivity (Wildman–Crippen MR) is 89.8 cm³/mol. The molecule has 0 unspecified atom stereocenters. The molecule has 1 rings (SSSR count). The van der Waals surface area contributed by atoms with Gasteiger partial charge in [-0.05, 0) is 38.5 Å². The first-order chi connectivity index (χ1) is 9.15. The highest BCUT2D eigenvalue weighted by Gasteiger charge is 2.24. The second-order valence-electron chi connectivity index (χ2n) is 4.54. The Hall–Kier alpha value is 0.470. The quantitative estimate of drug-likeness (QED) is 0.536. The van der Waals surface area contributed by atoms with E-state index in [2.05, 4.69) is 25.6 Å². The number of H-pyrrole nitrogens is 1. The number of halogens is 4. The van der Waals surface area contributed by atoms with Crippen molar-refractivity contribution in [2.75, 3.05) is 10.6 Å².